The molecule has 1 rings (SSSR count). The third-order valence-corrected chi connectivity index (χ3v) is 3.50. The van der Waals surface area contributed by atoms with Crippen molar-refractivity contribution in [2.45, 2.75) is 18.9 Å². The molecule has 0 aromatic heterocycles. The molecule has 1 heterocycles. The molecule has 1 fully saturated rings. The van der Waals surface area contributed by atoms with Crippen molar-refractivity contribution >= 4 is 10.0 Å². The van der Waals surface area contributed by atoms with Crippen LogP contribution in [0.4, 0.5) is 0 Å². The first-order chi connectivity index (χ1) is 7.51. The van der Waals surface area contributed by atoms with Gasteiger partial charge in [-0.05, 0) is 12.8 Å². The summed E-state index contributed by atoms with van der Waals surface area (Å²) in [7, 11) is -3.34. The molecule has 5 nitrogen and oxygen atoms in total. The van der Waals surface area contributed by atoms with Gasteiger partial charge in [0.1, 0.15) is 0 Å². The maximum Gasteiger partial charge on any atom is 0.210 e. The van der Waals surface area contributed by atoms with Crippen molar-refractivity contribution in [3.8, 4) is 12.3 Å². The second kappa shape index (κ2) is 6.21. The number of rotatable bonds is 5. The van der Waals surface area contributed by atoms with E-state index in [0.29, 0.717) is 19.1 Å². The number of terminal acetylenes is 1. The predicted octanol–water partition coefficient (Wildman–Crippen LogP) is -1.04. The Morgan fingerprint density at radius 2 is 2.06 bits per heavy atom. The van der Waals surface area contributed by atoms with Crippen LogP contribution in [0, 0.1) is 12.3 Å². The fourth-order valence-corrected chi connectivity index (χ4v) is 2.23. The van der Waals surface area contributed by atoms with Crippen LogP contribution in [0.15, 0.2) is 0 Å². The highest BCUT2D eigenvalue weighted by molar-refractivity contribution is 7.89. The van der Waals surface area contributed by atoms with Gasteiger partial charge in [0.2, 0.25) is 10.0 Å². The quantitative estimate of drug-likeness (QED) is 0.607. The van der Waals surface area contributed by atoms with Gasteiger partial charge >= 0.3 is 0 Å². The first-order valence-corrected chi connectivity index (χ1v) is 7.12. The zero-order valence-electron chi connectivity index (χ0n) is 9.35. The first kappa shape index (κ1) is 13.5. The molecule has 3 N–H and O–H groups in total. The lowest BCUT2D eigenvalue weighted by atomic mass is 10.1. The summed E-state index contributed by atoms with van der Waals surface area (Å²) in [6.07, 6.45) is 7.25. The van der Waals surface area contributed by atoms with Crippen LogP contribution < -0.4 is 10.5 Å². The standard InChI is InChI=1S/C10H19N3O2S/c1-2-6-13-7-3-10(4-8-13)12-5-9-16(11,14)15/h1,10,12H,3-9H2,(H2,11,14,15). The molecule has 6 heteroatoms. The molecule has 1 aliphatic heterocycles. The molecule has 92 valence electrons. The van der Waals surface area contributed by atoms with E-state index in [1.807, 2.05) is 0 Å². The lowest BCUT2D eigenvalue weighted by molar-refractivity contribution is 0.219. The van der Waals surface area contributed by atoms with Gasteiger partial charge in [0.05, 0.1) is 12.3 Å². The minimum Gasteiger partial charge on any atom is -0.313 e. The summed E-state index contributed by atoms with van der Waals surface area (Å²) in [5, 5.41) is 8.12. The highest BCUT2D eigenvalue weighted by Gasteiger charge is 2.18. The molecule has 16 heavy (non-hydrogen) atoms. The van der Waals surface area contributed by atoms with E-state index in [4.69, 9.17) is 11.6 Å². The number of nitrogens with two attached hydrogens (primary N) is 1. The Bertz CT molecular complexity index is 340. The van der Waals surface area contributed by atoms with Gasteiger partial charge in [-0.25, -0.2) is 13.6 Å². The van der Waals surface area contributed by atoms with E-state index >= 15 is 0 Å². The molecule has 0 unspecified atom stereocenters. The van der Waals surface area contributed by atoms with Gasteiger partial charge in [0.25, 0.3) is 0 Å². The Balaban J connectivity index is 2.16. The molecule has 1 saturated heterocycles. The van der Waals surface area contributed by atoms with Crippen LogP contribution in [0.2, 0.25) is 0 Å². The van der Waals surface area contributed by atoms with Gasteiger partial charge in [-0.1, -0.05) is 5.92 Å². The van der Waals surface area contributed by atoms with Crippen molar-refractivity contribution in [3.05, 3.63) is 0 Å². The predicted molar refractivity (Wildman–Crippen MR) is 64.3 cm³/mol. The Labute approximate surface area is 97.4 Å². The minimum absolute atomic E-state index is 0.00241. The zero-order valence-corrected chi connectivity index (χ0v) is 10.2. The van der Waals surface area contributed by atoms with Crippen LogP contribution in [0.1, 0.15) is 12.8 Å². The van der Waals surface area contributed by atoms with Crippen molar-refractivity contribution in [1.29, 1.82) is 0 Å². The third-order valence-electron chi connectivity index (χ3n) is 2.72. The SMILES string of the molecule is C#CCN1CCC(NCCS(N)(=O)=O)CC1. The minimum atomic E-state index is -3.34. The topological polar surface area (TPSA) is 75.4 Å². The van der Waals surface area contributed by atoms with Crippen LogP contribution in [0.3, 0.4) is 0 Å². The average Bonchev–Trinajstić information content (AvgIpc) is 2.19. The Hall–Kier alpha value is -0.610. The number of piperidine rings is 1. The van der Waals surface area contributed by atoms with Crippen molar-refractivity contribution in [3.63, 3.8) is 0 Å². The molecule has 0 aromatic rings. The molecular formula is C10H19N3O2S. The second-order valence-corrected chi connectivity index (χ2v) is 5.81. The summed E-state index contributed by atoms with van der Waals surface area (Å²) < 4.78 is 21.4. The van der Waals surface area contributed by atoms with Gasteiger partial charge < -0.3 is 5.32 Å². The Morgan fingerprint density at radius 3 is 2.56 bits per heavy atom. The van der Waals surface area contributed by atoms with Crippen molar-refractivity contribution in [1.82, 2.24) is 10.2 Å². The molecule has 0 spiro atoms. The Morgan fingerprint density at radius 1 is 1.44 bits per heavy atom. The van der Waals surface area contributed by atoms with Crippen molar-refractivity contribution in [2.75, 3.05) is 31.9 Å². The summed E-state index contributed by atoms with van der Waals surface area (Å²) in [4.78, 5) is 2.22. The van der Waals surface area contributed by atoms with Crippen molar-refractivity contribution in [2.24, 2.45) is 5.14 Å². The monoisotopic (exact) mass is 245 g/mol. The fourth-order valence-electron chi connectivity index (χ4n) is 1.83. The molecular weight excluding hydrogens is 226 g/mol. The average molecular weight is 245 g/mol. The maximum atomic E-state index is 10.7. The highest BCUT2D eigenvalue weighted by Crippen LogP contribution is 2.09. The molecule has 0 aromatic carbocycles. The third kappa shape index (κ3) is 5.47. The number of sulfonamides is 1. The summed E-state index contributed by atoms with van der Waals surface area (Å²) >= 11 is 0. The zero-order chi connectivity index (χ0) is 12.0. The molecule has 0 bridgehead atoms. The second-order valence-electron chi connectivity index (χ2n) is 4.08. The van der Waals surface area contributed by atoms with Gasteiger partial charge in [-0.2, -0.15) is 0 Å². The molecule has 1 aliphatic rings. The molecule has 0 amide bonds. The van der Waals surface area contributed by atoms with E-state index in [2.05, 4.69) is 16.1 Å². The number of hydrogen-bond donors (Lipinski definition) is 2. The maximum absolute atomic E-state index is 10.7. The van der Waals surface area contributed by atoms with E-state index in [9.17, 15) is 8.42 Å². The summed E-state index contributed by atoms with van der Waals surface area (Å²) in [6, 6.07) is 0.385. The fraction of sp³-hybridized carbons (Fsp3) is 0.800. The first-order valence-electron chi connectivity index (χ1n) is 5.41. The van der Waals surface area contributed by atoms with Crippen molar-refractivity contribution < 1.29 is 8.42 Å². The van der Waals surface area contributed by atoms with E-state index < -0.39 is 10.0 Å². The molecule has 0 saturated carbocycles. The van der Waals surface area contributed by atoms with Gasteiger partial charge in [-0.3, -0.25) is 4.90 Å². The number of likely N-dealkylation sites (tertiary alicyclic amines) is 1. The lowest BCUT2D eigenvalue weighted by Crippen LogP contribution is -2.44. The lowest BCUT2D eigenvalue weighted by Gasteiger charge is -2.31. The summed E-state index contributed by atoms with van der Waals surface area (Å²) in [5.74, 6) is 2.62. The Kier molecular flexibility index (Phi) is 5.22. The largest absolute Gasteiger partial charge is 0.313 e. The van der Waals surface area contributed by atoms with Crippen LogP contribution in [0.5, 0.6) is 0 Å². The summed E-state index contributed by atoms with van der Waals surface area (Å²) in [5.41, 5.74) is 0. The van der Waals surface area contributed by atoms with E-state index in [0.717, 1.165) is 25.9 Å². The molecule has 0 aliphatic carbocycles. The van der Waals surface area contributed by atoms with Crippen LogP contribution in [-0.2, 0) is 10.0 Å². The van der Waals surface area contributed by atoms with Gasteiger partial charge in [-0.15, -0.1) is 6.42 Å². The molecule has 0 atom stereocenters. The highest BCUT2D eigenvalue weighted by atomic mass is 32.2. The number of nitrogens with one attached hydrogen (secondary N) is 1. The van der Waals surface area contributed by atoms with E-state index in [1.54, 1.807) is 0 Å². The summed E-state index contributed by atoms with van der Waals surface area (Å²) in [6.45, 7) is 3.07. The van der Waals surface area contributed by atoms with E-state index in [1.165, 1.54) is 0 Å². The number of hydrogen-bond acceptors (Lipinski definition) is 4. The van der Waals surface area contributed by atoms with Crippen LogP contribution in [-0.4, -0.2) is 51.3 Å². The smallest absolute Gasteiger partial charge is 0.210 e. The van der Waals surface area contributed by atoms with Gasteiger partial charge in [0.15, 0.2) is 0 Å². The number of nitrogens with zero attached hydrogens (tertiary/aromatic N) is 1. The normalized spacial score (nSPS) is 19.5. The molecule has 0 radical (unpaired) electrons. The van der Waals surface area contributed by atoms with E-state index in [-0.39, 0.29) is 5.75 Å². The number of primary sulfonamides is 1. The van der Waals surface area contributed by atoms with Crippen LogP contribution in [0.25, 0.3) is 0 Å². The van der Waals surface area contributed by atoms with Gasteiger partial charge in [0, 0.05) is 25.7 Å². The van der Waals surface area contributed by atoms with Crippen LogP contribution >= 0.6 is 0 Å².